The monoisotopic (exact) mass is 455 g/mol. The lowest BCUT2D eigenvalue weighted by atomic mass is 9.71. The largest absolute Gasteiger partial charge is 0.465 e. The van der Waals surface area contributed by atoms with E-state index in [9.17, 15) is 14.4 Å². The molecule has 0 heterocycles. The maximum Gasteiger partial charge on any atom is 0.323 e. The molecule has 32 heavy (non-hydrogen) atoms. The topological polar surface area (TPSA) is 90.9 Å². The number of hydrogen-bond donors (Lipinski definition) is 1. The summed E-state index contributed by atoms with van der Waals surface area (Å²) in [4.78, 5) is 39.3. The Kier molecular flexibility index (Phi) is 11.7. The first kappa shape index (κ1) is 28.4. The summed E-state index contributed by atoms with van der Waals surface area (Å²) in [6.07, 6.45) is 6.20. The number of carbonyl (C=O) groups excluding carboxylic acids is 3. The predicted molar refractivity (Wildman–Crippen MR) is 124 cm³/mol. The van der Waals surface area contributed by atoms with Gasteiger partial charge in [0.15, 0.2) is 5.41 Å². The molecular formula is C25H45NO6. The first-order chi connectivity index (χ1) is 14.9. The van der Waals surface area contributed by atoms with Crippen LogP contribution in [0.2, 0.25) is 0 Å². The van der Waals surface area contributed by atoms with E-state index in [0.29, 0.717) is 6.42 Å². The molecule has 0 amide bonds. The molecule has 1 rings (SSSR count). The lowest BCUT2D eigenvalue weighted by molar-refractivity contribution is -0.176. The van der Waals surface area contributed by atoms with Gasteiger partial charge in [-0.3, -0.25) is 14.4 Å². The van der Waals surface area contributed by atoms with Gasteiger partial charge in [0.2, 0.25) is 0 Å². The Morgan fingerprint density at radius 3 is 1.91 bits per heavy atom. The molecule has 1 aliphatic carbocycles. The summed E-state index contributed by atoms with van der Waals surface area (Å²) in [6, 6.07) is -0.603. The number of rotatable bonds is 12. The maximum atomic E-state index is 13.2. The van der Waals surface area contributed by atoms with Crippen molar-refractivity contribution >= 4 is 17.9 Å². The van der Waals surface area contributed by atoms with Gasteiger partial charge in [-0.2, -0.15) is 0 Å². The zero-order valence-electron chi connectivity index (χ0n) is 21.3. The van der Waals surface area contributed by atoms with Gasteiger partial charge in [-0.1, -0.05) is 46.0 Å². The third-order valence-corrected chi connectivity index (χ3v) is 5.78. The Labute approximate surface area is 194 Å². The molecule has 1 aliphatic rings. The summed E-state index contributed by atoms with van der Waals surface area (Å²) in [6.45, 7) is 13.2. The molecule has 0 aliphatic heterocycles. The second kappa shape index (κ2) is 13.2. The van der Waals surface area contributed by atoms with Crippen molar-refractivity contribution in [2.75, 3.05) is 13.2 Å². The van der Waals surface area contributed by atoms with Gasteiger partial charge in [-0.15, -0.1) is 0 Å². The highest BCUT2D eigenvalue weighted by atomic mass is 16.6. The Morgan fingerprint density at radius 1 is 0.938 bits per heavy atom. The molecule has 0 aromatic carbocycles. The van der Waals surface area contributed by atoms with Crippen LogP contribution in [-0.4, -0.2) is 48.8 Å². The minimum Gasteiger partial charge on any atom is -0.465 e. The molecule has 1 unspecified atom stereocenters. The Hall–Kier alpha value is -1.63. The molecule has 0 radical (unpaired) electrons. The van der Waals surface area contributed by atoms with Gasteiger partial charge in [-0.25, -0.2) is 0 Å². The van der Waals surface area contributed by atoms with Crippen LogP contribution in [0, 0.1) is 11.3 Å². The van der Waals surface area contributed by atoms with Crippen molar-refractivity contribution in [2.24, 2.45) is 11.3 Å². The standard InChI is InChI=1S/C25H45NO6/c1-8-30-22(28)25(23(29)31-9-2,17-19-13-11-10-12-14-19)16-15-20(26-18(3)4)21(27)32-24(5,6)7/h18-20,26H,8-17H2,1-7H3. The molecular weight excluding hydrogens is 410 g/mol. The maximum absolute atomic E-state index is 13.2. The molecule has 0 saturated heterocycles. The number of carbonyl (C=O) groups is 3. The van der Waals surface area contributed by atoms with Crippen LogP contribution < -0.4 is 5.32 Å². The molecule has 1 atom stereocenters. The minimum atomic E-state index is -1.41. The van der Waals surface area contributed by atoms with Gasteiger partial charge in [0.1, 0.15) is 11.6 Å². The van der Waals surface area contributed by atoms with Gasteiger partial charge in [0.25, 0.3) is 0 Å². The molecule has 0 spiro atoms. The summed E-state index contributed by atoms with van der Waals surface area (Å²) < 4.78 is 16.4. The zero-order valence-corrected chi connectivity index (χ0v) is 21.3. The Balaban J connectivity index is 3.21. The van der Waals surface area contributed by atoms with Gasteiger partial charge >= 0.3 is 17.9 Å². The zero-order chi connectivity index (χ0) is 24.4. The molecule has 1 saturated carbocycles. The fourth-order valence-electron chi connectivity index (χ4n) is 4.41. The summed E-state index contributed by atoms with van der Waals surface area (Å²) in [5.41, 5.74) is -2.04. The molecule has 186 valence electrons. The summed E-state index contributed by atoms with van der Waals surface area (Å²) >= 11 is 0. The smallest absolute Gasteiger partial charge is 0.323 e. The number of esters is 3. The van der Waals surface area contributed by atoms with Crippen molar-refractivity contribution in [1.29, 1.82) is 0 Å². The number of hydrogen-bond acceptors (Lipinski definition) is 7. The molecule has 0 bridgehead atoms. The van der Waals surface area contributed by atoms with E-state index in [2.05, 4.69) is 5.32 Å². The quantitative estimate of drug-likeness (QED) is 0.262. The minimum absolute atomic E-state index is 0.0328. The lowest BCUT2D eigenvalue weighted by Gasteiger charge is -2.35. The normalized spacial score (nSPS) is 16.5. The second-order valence-electron chi connectivity index (χ2n) is 10.2. The average molecular weight is 456 g/mol. The van der Waals surface area contributed by atoms with Crippen LogP contribution in [0.5, 0.6) is 0 Å². The first-order valence-corrected chi connectivity index (χ1v) is 12.3. The summed E-state index contributed by atoms with van der Waals surface area (Å²) in [5.74, 6) is -1.21. The van der Waals surface area contributed by atoms with Crippen molar-refractivity contribution in [1.82, 2.24) is 5.32 Å². The first-order valence-electron chi connectivity index (χ1n) is 12.3. The van der Waals surface area contributed by atoms with Crippen molar-refractivity contribution in [3.63, 3.8) is 0 Å². The SMILES string of the molecule is CCOC(=O)C(CCC(NC(C)C)C(=O)OC(C)(C)C)(CC1CCCCC1)C(=O)OCC. The molecule has 1 fully saturated rings. The summed E-state index contributed by atoms with van der Waals surface area (Å²) in [7, 11) is 0. The fourth-order valence-corrected chi connectivity index (χ4v) is 4.41. The van der Waals surface area contributed by atoms with Crippen LogP contribution in [0.4, 0.5) is 0 Å². The summed E-state index contributed by atoms with van der Waals surface area (Å²) in [5, 5.41) is 3.24. The van der Waals surface area contributed by atoms with E-state index in [1.165, 1.54) is 6.42 Å². The van der Waals surface area contributed by atoms with E-state index in [1.807, 2.05) is 34.6 Å². The van der Waals surface area contributed by atoms with Crippen LogP contribution in [0.1, 0.15) is 99.8 Å². The number of nitrogens with one attached hydrogen (secondary N) is 1. The van der Waals surface area contributed by atoms with Gasteiger partial charge in [-0.05, 0) is 59.8 Å². The molecule has 7 heteroatoms. The third-order valence-electron chi connectivity index (χ3n) is 5.78. The Bertz CT molecular complexity index is 586. The number of ether oxygens (including phenoxy) is 3. The van der Waals surface area contributed by atoms with E-state index >= 15 is 0 Å². The van der Waals surface area contributed by atoms with E-state index in [0.717, 1.165) is 25.7 Å². The van der Waals surface area contributed by atoms with E-state index < -0.39 is 29.0 Å². The van der Waals surface area contributed by atoms with Gasteiger partial charge in [0, 0.05) is 6.04 Å². The second-order valence-corrected chi connectivity index (χ2v) is 10.2. The van der Waals surface area contributed by atoms with E-state index in [-0.39, 0.29) is 44.0 Å². The van der Waals surface area contributed by atoms with Crippen LogP contribution in [0.15, 0.2) is 0 Å². The van der Waals surface area contributed by atoms with Gasteiger partial charge < -0.3 is 19.5 Å². The van der Waals surface area contributed by atoms with Crippen molar-refractivity contribution in [2.45, 2.75) is 118 Å². The predicted octanol–water partition coefficient (Wildman–Crippen LogP) is 4.56. The van der Waals surface area contributed by atoms with E-state index in [1.54, 1.807) is 13.8 Å². The van der Waals surface area contributed by atoms with Crippen molar-refractivity contribution in [3.8, 4) is 0 Å². The molecule has 7 nitrogen and oxygen atoms in total. The van der Waals surface area contributed by atoms with Crippen molar-refractivity contribution < 1.29 is 28.6 Å². The third kappa shape index (κ3) is 9.08. The van der Waals surface area contributed by atoms with Crippen LogP contribution in [-0.2, 0) is 28.6 Å². The van der Waals surface area contributed by atoms with Crippen LogP contribution >= 0.6 is 0 Å². The van der Waals surface area contributed by atoms with Crippen LogP contribution in [0.25, 0.3) is 0 Å². The fraction of sp³-hybridized carbons (Fsp3) is 0.880. The molecule has 0 aromatic heterocycles. The van der Waals surface area contributed by atoms with Gasteiger partial charge in [0.05, 0.1) is 13.2 Å². The molecule has 0 aromatic rings. The average Bonchev–Trinajstić information content (AvgIpc) is 2.69. The van der Waals surface area contributed by atoms with Crippen LogP contribution in [0.3, 0.4) is 0 Å². The highest BCUT2D eigenvalue weighted by Gasteiger charge is 2.50. The highest BCUT2D eigenvalue weighted by molar-refractivity contribution is 6.00. The lowest BCUT2D eigenvalue weighted by Crippen LogP contribution is -2.48. The highest BCUT2D eigenvalue weighted by Crippen LogP contribution is 2.40. The molecule has 1 N–H and O–H groups in total. The van der Waals surface area contributed by atoms with Crippen molar-refractivity contribution in [3.05, 3.63) is 0 Å². The van der Waals surface area contributed by atoms with E-state index in [4.69, 9.17) is 14.2 Å². The Morgan fingerprint density at radius 2 is 1.47 bits per heavy atom.